The zero-order valence-corrected chi connectivity index (χ0v) is 22.0. The van der Waals surface area contributed by atoms with Crippen LogP contribution in [-0.4, -0.2) is 66.5 Å². The van der Waals surface area contributed by atoms with Crippen LogP contribution in [-0.2, 0) is 4.79 Å². The van der Waals surface area contributed by atoms with Crippen molar-refractivity contribution in [3.8, 4) is 0 Å². The van der Waals surface area contributed by atoms with E-state index in [1.54, 1.807) is 0 Å². The van der Waals surface area contributed by atoms with Gasteiger partial charge in [-0.1, -0.05) is 23.7 Å². The molecule has 0 unspecified atom stereocenters. The molecule has 0 N–H and O–H groups in total. The minimum atomic E-state index is 0.228. The van der Waals surface area contributed by atoms with Crippen LogP contribution in [0.1, 0.15) is 16.9 Å². The number of amides is 1. The first kappa shape index (κ1) is 23.5. The van der Waals surface area contributed by atoms with Gasteiger partial charge in [-0.05, 0) is 72.3 Å². The maximum Gasteiger partial charge on any atom is 0.237 e. The van der Waals surface area contributed by atoms with E-state index in [1.165, 1.54) is 31.8 Å². The third kappa shape index (κ3) is 4.73. The number of rotatable bonds is 4. The lowest BCUT2D eigenvalue weighted by molar-refractivity contribution is -0.132. The third-order valence-electron chi connectivity index (χ3n) is 7.33. The van der Waals surface area contributed by atoms with Gasteiger partial charge in [0.25, 0.3) is 0 Å². The topological polar surface area (TPSA) is 39.7 Å². The largest absolute Gasteiger partial charge is 0.368 e. The van der Waals surface area contributed by atoms with Crippen LogP contribution < -0.4 is 4.90 Å². The van der Waals surface area contributed by atoms with Gasteiger partial charge >= 0.3 is 0 Å². The summed E-state index contributed by atoms with van der Waals surface area (Å²) < 4.78 is 1.34. The van der Waals surface area contributed by atoms with Crippen molar-refractivity contribution in [2.45, 2.75) is 13.3 Å². The van der Waals surface area contributed by atoms with Crippen LogP contribution in [0.4, 0.5) is 5.69 Å². The molecule has 0 aliphatic carbocycles. The highest BCUT2D eigenvalue weighted by molar-refractivity contribution is 7.19. The predicted molar refractivity (Wildman–Crippen MR) is 151 cm³/mol. The van der Waals surface area contributed by atoms with Crippen molar-refractivity contribution >= 4 is 61.1 Å². The van der Waals surface area contributed by atoms with Crippen LogP contribution in [0.25, 0.3) is 26.6 Å². The Hall–Kier alpha value is -2.93. The number of fused-ring (bicyclic) bond motifs is 2. The van der Waals surface area contributed by atoms with Gasteiger partial charge < -0.3 is 9.80 Å². The smallest absolute Gasteiger partial charge is 0.237 e. The van der Waals surface area contributed by atoms with Crippen molar-refractivity contribution in [1.29, 1.82) is 0 Å². The summed E-state index contributed by atoms with van der Waals surface area (Å²) in [5.41, 5.74) is 4.74. The molecule has 0 radical (unpaired) electrons. The number of hydrogen-bond donors (Lipinski definition) is 0. The Morgan fingerprint density at radius 1 is 1.03 bits per heavy atom. The fourth-order valence-corrected chi connectivity index (χ4v) is 6.42. The summed E-state index contributed by atoms with van der Waals surface area (Å²) in [6.45, 7) is 7.66. The van der Waals surface area contributed by atoms with Crippen LogP contribution in [0.5, 0.6) is 0 Å². The molecule has 2 aliphatic rings. The van der Waals surface area contributed by atoms with Crippen LogP contribution in [0, 0.1) is 6.92 Å². The molecule has 7 heteroatoms. The molecule has 0 bridgehead atoms. The van der Waals surface area contributed by atoms with Gasteiger partial charge in [-0.15, -0.1) is 11.3 Å². The van der Waals surface area contributed by atoms with Crippen LogP contribution in [0.15, 0.2) is 60.8 Å². The second kappa shape index (κ2) is 9.85. The SMILES string of the molecule is Cc1cc2cc(C3=CCN(C(=O)CN4CCN(c5ccnc6cc(Cl)ccc56)CC4)CC3)ccc2s1. The summed E-state index contributed by atoms with van der Waals surface area (Å²) in [4.78, 5) is 25.6. The molecule has 1 saturated heterocycles. The van der Waals surface area contributed by atoms with Crippen molar-refractivity contribution in [3.63, 3.8) is 0 Å². The van der Waals surface area contributed by atoms with E-state index in [4.69, 9.17) is 11.6 Å². The molecule has 0 spiro atoms. The van der Waals surface area contributed by atoms with Gasteiger partial charge in [-0.25, -0.2) is 0 Å². The number of thiophene rings is 1. The summed E-state index contributed by atoms with van der Waals surface area (Å²) in [5.74, 6) is 0.228. The van der Waals surface area contributed by atoms with Gasteiger partial charge in [-0.2, -0.15) is 0 Å². The number of nitrogens with zero attached hydrogens (tertiary/aromatic N) is 4. The number of piperazine rings is 1. The van der Waals surface area contributed by atoms with Crippen molar-refractivity contribution in [1.82, 2.24) is 14.8 Å². The lowest BCUT2D eigenvalue weighted by Gasteiger charge is -2.37. The van der Waals surface area contributed by atoms with E-state index in [2.05, 4.69) is 58.1 Å². The first-order chi connectivity index (χ1) is 17.5. The number of carbonyl (C=O) groups excluding carboxylic acids is 1. The van der Waals surface area contributed by atoms with E-state index in [-0.39, 0.29) is 5.91 Å². The van der Waals surface area contributed by atoms with E-state index in [9.17, 15) is 4.79 Å². The van der Waals surface area contributed by atoms with Crippen molar-refractivity contribution in [2.24, 2.45) is 0 Å². The number of halogens is 1. The lowest BCUT2D eigenvalue weighted by Crippen LogP contribution is -2.50. The first-order valence-corrected chi connectivity index (χ1v) is 13.7. The monoisotopic (exact) mass is 516 g/mol. The minimum absolute atomic E-state index is 0.228. The van der Waals surface area contributed by atoms with Gasteiger partial charge in [-0.3, -0.25) is 14.7 Å². The molecule has 6 rings (SSSR count). The van der Waals surface area contributed by atoms with Gasteiger partial charge in [0, 0.05) is 71.1 Å². The number of aryl methyl sites for hydroxylation is 1. The number of anilines is 1. The average Bonchev–Trinajstić information content (AvgIpc) is 3.28. The highest BCUT2D eigenvalue weighted by atomic mass is 35.5. The fraction of sp³-hybridized carbons (Fsp3) is 0.310. The molecule has 2 aromatic carbocycles. The zero-order chi connectivity index (χ0) is 24.6. The third-order valence-corrected chi connectivity index (χ3v) is 8.59. The zero-order valence-electron chi connectivity index (χ0n) is 20.4. The Morgan fingerprint density at radius 2 is 1.89 bits per heavy atom. The molecule has 4 aromatic rings. The molecule has 0 atom stereocenters. The minimum Gasteiger partial charge on any atom is -0.368 e. The molecule has 0 saturated carbocycles. The number of benzene rings is 2. The Balaban J connectivity index is 1.05. The first-order valence-electron chi connectivity index (χ1n) is 12.5. The average molecular weight is 517 g/mol. The molecule has 1 amide bonds. The number of hydrogen-bond acceptors (Lipinski definition) is 5. The van der Waals surface area contributed by atoms with Gasteiger partial charge in [0.05, 0.1) is 12.1 Å². The van der Waals surface area contributed by atoms with Crippen molar-refractivity contribution in [3.05, 3.63) is 76.3 Å². The molecule has 184 valence electrons. The highest BCUT2D eigenvalue weighted by Crippen LogP contribution is 2.31. The number of aromatic nitrogens is 1. The molecule has 4 heterocycles. The Morgan fingerprint density at radius 3 is 2.69 bits per heavy atom. The lowest BCUT2D eigenvalue weighted by atomic mass is 9.98. The quantitative estimate of drug-likeness (QED) is 0.341. The Bertz CT molecular complexity index is 1470. The molecule has 36 heavy (non-hydrogen) atoms. The molecular weight excluding hydrogens is 488 g/mol. The Kier molecular flexibility index (Phi) is 6.42. The summed E-state index contributed by atoms with van der Waals surface area (Å²) in [5, 5.41) is 3.14. The number of pyridine rings is 1. The molecule has 5 nitrogen and oxygen atoms in total. The summed E-state index contributed by atoms with van der Waals surface area (Å²) >= 11 is 7.99. The maximum absolute atomic E-state index is 13.1. The van der Waals surface area contributed by atoms with E-state index < -0.39 is 0 Å². The van der Waals surface area contributed by atoms with E-state index in [0.29, 0.717) is 18.1 Å². The highest BCUT2D eigenvalue weighted by Gasteiger charge is 2.24. The molecule has 2 aromatic heterocycles. The number of carbonyl (C=O) groups is 1. The summed E-state index contributed by atoms with van der Waals surface area (Å²) in [7, 11) is 0. The van der Waals surface area contributed by atoms with Crippen LogP contribution in [0.3, 0.4) is 0 Å². The van der Waals surface area contributed by atoms with E-state index in [1.807, 2.05) is 40.6 Å². The van der Waals surface area contributed by atoms with Crippen molar-refractivity contribution < 1.29 is 4.79 Å². The normalized spacial score (nSPS) is 17.1. The fourth-order valence-electron chi connectivity index (χ4n) is 5.35. The Labute approximate surface area is 220 Å². The van der Waals surface area contributed by atoms with Crippen molar-refractivity contribution in [2.75, 3.05) is 50.7 Å². The predicted octanol–water partition coefficient (Wildman–Crippen LogP) is 5.85. The molecule has 1 fully saturated rings. The maximum atomic E-state index is 13.1. The van der Waals surface area contributed by atoms with Gasteiger partial charge in [0.15, 0.2) is 0 Å². The van der Waals surface area contributed by atoms with E-state index >= 15 is 0 Å². The standard InChI is InChI=1S/C29H29ClN4OS/c1-20-16-23-17-22(2-5-28(23)36-20)21-7-10-34(11-8-21)29(35)19-32-12-14-33(15-13-32)27-6-9-31-26-18-24(30)3-4-25(26)27/h2-7,9,16-18H,8,10-15,19H2,1H3. The second-order valence-corrected chi connectivity index (χ2v) is 11.4. The van der Waals surface area contributed by atoms with Gasteiger partial charge in [0.2, 0.25) is 5.91 Å². The molecule has 2 aliphatic heterocycles. The van der Waals surface area contributed by atoms with Gasteiger partial charge in [0.1, 0.15) is 0 Å². The second-order valence-electron chi connectivity index (χ2n) is 9.68. The summed E-state index contributed by atoms with van der Waals surface area (Å²) in [6.07, 6.45) is 5.00. The molecular formula is C29H29ClN4OS. The van der Waals surface area contributed by atoms with E-state index in [0.717, 1.165) is 50.0 Å². The van der Waals surface area contributed by atoms with Crippen LogP contribution >= 0.6 is 22.9 Å². The summed E-state index contributed by atoms with van der Waals surface area (Å²) in [6, 6.07) is 17.0. The van der Waals surface area contributed by atoms with Crippen LogP contribution in [0.2, 0.25) is 5.02 Å².